The van der Waals surface area contributed by atoms with Crippen molar-refractivity contribution in [3.8, 4) is 46.3 Å². The van der Waals surface area contributed by atoms with Crippen LogP contribution >= 0.6 is 0 Å². The molecule has 0 bridgehead atoms. The molecule has 0 amide bonds. The van der Waals surface area contributed by atoms with Gasteiger partial charge in [-0.25, -0.2) is 0 Å². The monoisotopic (exact) mass is 326 g/mol. The molecular formula is C21H14N2O2. The fraction of sp³-hybridized carbons (Fsp3) is 0.0476. The Labute approximate surface area is 146 Å². The Balaban J connectivity index is 2.06. The second-order valence-corrected chi connectivity index (χ2v) is 5.43. The summed E-state index contributed by atoms with van der Waals surface area (Å²) in [6.07, 6.45) is 3.34. The van der Waals surface area contributed by atoms with E-state index < -0.39 is 0 Å². The van der Waals surface area contributed by atoms with Crippen molar-refractivity contribution in [2.75, 3.05) is 0 Å². The molecule has 120 valence electrons. The van der Waals surface area contributed by atoms with Gasteiger partial charge in [-0.1, -0.05) is 42.5 Å². The lowest BCUT2D eigenvalue weighted by Crippen LogP contribution is -1.90. The minimum absolute atomic E-state index is 0.512. The normalized spacial score (nSPS) is 9.72. The van der Waals surface area contributed by atoms with Gasteiger partial charge in [-0.3, -0.25) is 0 Å². The maximum atomic E-state index is 8.60. The van der Waals surface area contributed by atoms with Crippen molar-refractivity contribution in [1.29, 1.82) is 10.5 Å². The zero-order valence-corrected chi connectivity index (χ0v) is 13.6. The van der Waals surface area contributed by atoms with Crippen LogP contribution in [0.4, 0.5) is 0 Å². The van der Waals surface area contributed by atoms with E-state index >= 15 is 0 Å². The minimum atomic E-state index is 0.512. The molecule has 0 radical (unpaired) electrons. The van der Waals surface area contributed by atoms with Gasteiger partial charge in [0.2, 0.25) is 0 Å². The van der Waals surface area contributed by atoms with Gasteiger partial charge in [0.1, 0.15) is 11.5 Å². The van der Waals surface area contributed by atoms with Crippen molar-refractivity contribution in [3.05, 3.63) is 72.3 Å². The molecule has 0 spiro atoms. The predicted molar refractivity (Wildman–Crippen MR) is 94.5 cm³/mol. The minimum Gasteiger partial charge on any atom is -0.388 e. The maximum Gasteiger partial charge on any atom is 0.292 e. The van der Waals surface area contributed by atoms with Crippen LogP contribution in [-0.2, 0) is 0 Å². The van der Waals surface area contributed by atoms with Crippen LogP contribution in [-0.4, -0.2) is 0 Å². The Kier molecular flexibility index (Phi) is 4.65. The van der Waals surface area contributed by atoms with Crippen LogP contribution < -0.4 is 9.47 Å². The average Bonchev–Trinajstić information content (AvgIpc) is 2.64. The molecule has 25 heavy (non-hydrogen) atoms. The summed E-state index contributed by atoms with van der Waals surface area (Å²) in [5, 5.41) is 17.2. The molecule has 4 heteroatoms. The highest BCUT2D eigenvalue weighted by atomic mass is 16.5. The van der Waals surface area contributed by atoms with E-state index in [1.807, 2.05) is 30.3 Å². The van der Waals surface area contributed by atoms with E-state index in [4.69, 9.17) is 20.0 Å². The van der Waals surface area contributed by atoms with E-state index in [2.05, 4.69) is 19.1 Å². The summed E-state index contributed by atoms with van der Waals surface area (Å²) >= 11 is 0. The molecule has 0 atom stereocenters. The molecule has 0 unspecified atom stereocenters. The van der Waals surface area contributed by atoms with Gasteiger partial charge in [-0.2, -0.15) is 0 Å². The van der Waals surface area contributed by atoms with Crippen molar-refractivity contribution in [3.63, 3.8) is 0 Å². The SMILES string of the molecule is Cc1cccc(-c2ccc(OC#N)cc2)c1-c1ccc(OC#N)cc1. The standard InChI is InChI=1S/C21H14N2O2/c1-15-3-2-4-20(16-5-9-18(10-6-16)24-13-22)21(15)17-7-11-19(12-8-17)25-14-23/h2-12H,1H3. The number of benzene rings is 3. The number of hydrogen-bond donors (Lipinski definition) is 0. The number of nitrogens with zero attached hydrogens (tertiary/aromatic N) is 2. The summed E-state index contributed by atoms with van der Waals surface area (Å²) in [7, 11) is 0. The van der Waals surface area contributed by atoms with E-state index in [0.29, 0.717) is 11.5 Å². The van der Waals surface area contributed by atoms with Gasteiger partial charge < -0.3 is 9.47 Å². The molecule has 0 saturated heterocycles. The first kappa shape index (κ1) is 16.1. The molecule has 3 aromatic carbocycles. The van der Waals surface area contributed by atoms with Crippen molar-refractivity contribution in [2.24, 2.45) is 0 Å². The van der Waals surface area contributed by atoms with Gasteiger partial charge in [0.25, 0.3) is 12.5 Å². The number of hydrogen-bond acceptors (Lipinski definition) is 4. The zero-order valence-electron chi connectivity index (χ0n) is 13.6. The summed E-state index contributed by atoms with van der Waals surface area (Å²) in [6, 6.07) is 21.0. The summed E-state index contributed by atoms with van der Waals surface area (Å²) < 4.78 is 9.68. The molecule has 0 aliphatic heterocycles. The number of nitriles is 2. The zero-order chi connectivity index (χ0) is 17.6. The Morgan fingerprint density at radius 1 is 0.680 bits per heavy atom. The maximum absolute atomic E-state index is 8.60. The van der Waals surface area contributed by atoms with Crippen molar-refractivity contribution >= 4 is 0 Å². The van der Waals surface area contributed by atoms with E-state index in [9.17, 15) is 0 Å². The van der Waals surface area contributed by atoms with E-state index in [1.165, 1.54) is 0 Å². The van der Waals surface area contributed by atoms with Crippen molar-refractivity contribution in [2.45, 2.75) is 6.92 Å². The van der Waals surface area contributed by atoms with Gasteiger partial charge in [0.05, 0.1) is 0 Å². The van der Waals surface area contributed by atoms with Gasteiger partial charge in [-0.05, 0) is 59.0 Å². The lowest BCUT2D eigenvalue weighted by molar-refractivity contribution is 0.507. The lowest BCUT2D eigenvalue weighted by atomic mass is 9.91. The Bertz CT molecular complexity index is 963. The summed E-state index contributed by atoms with van der Waals surface area (Å²) in [5.41, 5.74) is 5.40. The molecule has 0 heterocycles. The van der Waals surface area contributed by atoms with Crippen LogP contribution in [0, 0.1) is 30.0 Å². The topological polar surface area (TPSA) is 66.0 Å². The van der Waals surface area contributed by atoms with Gasteiger partial charge in [0.15, 0.2) is 0 Å². The van der Waals surface area contributed by atoms with Crippen LogP contribution in [0.5, 0.6) is 11.5 Å². The van der Waals surface area contributed by atoms with Crippen LogP contribution in [0.3, 0.4) is 0 Å². The predicted octanol–water partition coefficient (Wildman–Crippen LogP) is 5.05. The molecule has 0 N–H and O–H groups in total. The second kappa shape index (κ2) is 7.21. The Morgan fingerprint density at radius 2 is 1.20 bits per heavy atom. The van der Waals surface area contributed by atoms with Crippen LogP contribution in [0.25, 0.3) is 22.3 Å². The first-order chi connectivity index (χ1) is 12.2. The molecule has 3 rings (SSSR count). The van der Waals surface area contributed by atoms with E-state index in [1.54, 1.807) is 36.8 Å². The van der Waals surface area contributed by atoms with Crippen LogP contribution in [0.15, 0.2) is 66.7 Å². The highest BCUT2D eigenvalue weighted by molar-refractivity contribution is 5.85. The Morgan fingerprint density at radius 3 is 1.72 bits per heavy atom. The molecule has 0 aliphatic carbocycles. The Hall–Kier alpha value is -3.76. The number of ether oxygens (including phenoxy) is 2. The third kappa shape index (κ3) is 3.44. The van der Waals surface area contributed by atoms with Gasteiger partial charge >= 0.3 is 0 Å². The smallest absolute Gasteiger partial charge is 0.292 e. The van der Waals surface area contributed by atoms with E-state index in [0.717, 1.165) is 27.8 Å². The number of aryl methyl sites for hydroxylation is 1. The molecule has 0 aromatic heterocycles. The second-order valence-electron chi connectivity index (χ2n) is 5.43. The van der Waals surface area contributed by atoms with Gasteiger partial charge in [0, 0.05) is 0 Å². The summed E-state index contributed by atoms with van der Waals surface area (Å²) in [6.45, 7) is 2.06. The molecule has 4 nitrogen and oxygen atoms in total. The molecular weight excluding hydrogens is 312 g/mol. The fourth-order valence-electron chi connectivity index (χ4n) is 2.79. The quantitative estimate of drug-likeness (QED) is 0.629. The first-order valence-corrected chi connectivity index (χ1v) is 7.65. The molecule has 0 fully saturated rings. The highest BCUT2D eigenvalue weighted by Gasteiger charge is 2.11. The van der Waals surface area contributed by atoms with Crippen molar-refractivity contribution in [1.82, 2.24) is 0 Å². The summed E-state index contributed by atoms with van der Waals surface area (Å²) in [5.74, 6) is 1.03. The lowest BCUT2D eigenvalue weighted by Gasteiger charge is -2.14. The highest BCUT2D eigenvalue weighted by Crippen LogP contribution is 2.36. The van der Waals surface area contributed by atoms with Crippen LogP contribution in [0.2, 0.25) is 0 Å². The first-order valence-electron chi connectivity index (χ1n) is 7.65. The third-order valence-electron chi connectivity index (χ3n) is 3.91. The molecule has 3 aromatic rings. The fourth-order valence-corrected chi connectivity index (χ4v) is 2.79. The van der Waals surface area contributed by atoms with E-state index in [-0.39, 0.29) is 0 Å². The summed E-state index contributed by atoms with van der Waals surface area (Å²) in [4.78, 5) is 0. The van der Waals surface area contributed by atoms with Crippen LogP contribution in [0.1, 0.15) is 5.56 Å². The largest absolute Gasteiger partial charge is 0.388 e. The number of rotatable bonds is 4. The van der Waals surface area contributed by atoms with Gasteiger partial charge in [-0.15, -0.1) is 10.5 Å². The molecule has 0 saturated carbocycles. The van der Waals surface area contributed by atoms with Crippen molar-refractivity contribution < 1.29 is 9.47 Å². The average molecular weight is 326 g/mol. The molecule has 0 aliphatic rings. The third-order valence-corrected chi connectivity index (χ3v) is 3.91.